The number of aromatic nitrogens is 2. The highest BCUT2D eigenvalue weighted by molar-refractivity contribution is 5.89. The first-order valence-corrected chi connectivity index (χ1v) is 8.99. The fourth-order valence-electron chi connectivity index (χ4n) is 5.02. The molecule has 2 aliphatic rings. The summed E-state index contributed by atoms with van der Waals surface area (Å²) in [6, 6.07) is 11.4. The van der Waals surface area contributed by atoms with E-state index in [2.05, 4.69) is 17.8 Å². The van der Waals surface area contributed by atoms with Crippen molar-refractivity contribution >= 4 is 5.78 Å². The average Bonchev–Trinajstić information content (AvgIpc) is 3.05. The van der Waals surface area contributed by atoms with Crippen LogP contribution in [-0.4, -0.2) is 21.4 Å². The van der Waals surface area contributed by atoms with E-state index in [0.29, 0.717) is 12.2 Å². The Morgan fingerprint density at radius 3 is 2.77 bits per heavy atom. The number of rotatable bonds is 1. The third kappa shape index (κ3) is 2.14. The van der Waals surface area contributed by atoms with Gasteiger partial charge in [0.05, 0.1) is 5.69 Å². The number of ketones is 1. The Labute approximate surface area is 153 Å². The fourth-order valence-corrected chi connectivity index (χ4v) is 5.02. The van der Waals surface area contributed by atoms with Gasteiger partial charge in [-0.15, -0.1) is 0 Å². The molecule has 1 saturated carbocycles. The van der Waals surface area contributed by atoms with Crippen molar-refractivity contribution in [2.24, 2.45) is 11.8 Å². The molecule has 2 aromatic rings. The number of carbonyl (C=O) groups excluding carboxylic acids is 1. The SMILES string of the molecule is [C-]#[N+]C1C[C@]2(C)c3nc(C#N)n(-c4ccccc4)c3CC[C@H]2[C@H](C)C1=O. The van der Waals surface area contributed by atoms with Crippen LogP contribution in [-0.2, 0) is 16.6 Å². The van der Waals surface area contributed by atoms with E-state index in [1.807, 2.05) is 41.8 Å². The van der Waals surface area contributed by atoms with Crippen molar-refractivity contribution < 1.29 is 4.79 Å². The van der Waals surface area contributed by atoms with E-state index in [1.165, 1.54) is 0 Å². The maximum Gasteiger partial charge on any atom is 0.282 e. The summed E-state index contributed by atoms with van der Waals surface area (Å²) < 4.78 is 1.95. The second-order valence-corrected chi connectivity index (χ2v) is 7.62. The summed E-state index contributed by atoms with van der Waals surface area (Å²) >= 11 is 0. The number of carbonyl (C=O) groups is 1. The number of nitrogens with zero attached hydrogens (tertiary/aromatic N) is 4. The molecule has 2 aliphatic carbocycles. The van der Waals surface area contributed by atoms with Gasteiger partial charge in [-0.2, -0.15) is 5.26 Å². The van der Waals surface area contributed by atoms with Crippen LogP contribution in [0.5, 0.6) is 0 Å². The van der Waals surface area contributed by atoms with Gasteiger partial charge in [-0.3, -0.25) is 9.36 Å². The number of hydrogen-bond donors (Lipinski definition) is 0. The molecule has 0 bridgehead atoms. The summed E-state index contributed by atoms with van der Waals surface area (Å²) in [6.07, 6.45) is 2.16. The molecule has 1 aromatic heterocycles. The largest absolute Gasteiger partial charge is 0.305 e. The summed E-state index contributed by atoms with van der Waals surface area (Å²) in [5.74, 6) is 0.473. The van der Waals surface area contributed by atoms with Gasteiger partial charge in [0.25, 0.3) is 6.04 Å². The first-order valence-electron chi connectivity index (χ1n) is 8.99. The van der Waals surface area contributed by atoms with Gasteiger partial charge in [0, 0.05) is 29.1 Å². The van der Waals surface area contributed by atoms with Crippen LogP contribution in [0.4, 0.5) is 0 Å². The zero-order valence-electron chi connectivity index (χ0n) is 14.9. The second-order valence-electron chi connectivity index (χ2n) is 7.62. The molecule has 1 aromatic carbocycles. The molecule has 0 amide bonds. The van der Waals surface area contributed by atoms with E-state index in [-0.39, 0.29) is 23.0 Å². The van der Waals surface area contributed by atoms with E-state index < -0.39 is 6.04 Å². The first-order chi connectivity index (χ1) is 12.5. The molecule has 5 heteroatoms. The molecule has 0 spiro atoms. The Morgan fingerprint density at radius 1 is 1.38 bits per heavy atom. The lowest BCUT2D eigenvalue weighted by Crippen LogP contribution is -2.51. The van der Waals surface area contributed by atoms with Crippen LogP contribution < -0.4 is 0 Å². The fraction of sp³-hybridized carbons (Fsp3) is 0.429. The van der Waals surface area contributed by atoms with Crippen LogP contribution in [0.25, 0.3) is 10.5 Å². The molecule has 5 nitrogen and oxygen atoms in total. The maximum atomic E-state index is 12.5. The smallest absolute Gasteiger partial charge is 0.282 e. The first kappa shape index (κ1) is 16.5. The Hall–Kier alpha value is -2.92. The van der Waals surface area contributed by atoms with Crippen molar-refractivity contribution in [3.05, 3.63) is 59.0 Å². The normalized spacial score (nSPS) is 30.0. The van der Waals surface area contributed by atoms with Crippen molar-refractivity contribution in [2.45, 2.75) is 44.6 Å². The van der Waals surface area contributed by atoms with Crippen LogP contribution in [0.1, 0.15) is 43.9 Å². The van der Waals surface area contributed by atoms with Gasteiger partial charge in [0.15, 0.2) is 0 Å². The minimum atomic E-state index is -0.607. The van der Waals surface area contributed by atoms with Gasteiger partial charge in [0.2, 0.25) is 11.6 Å². The van der Waals surface area contributed by atoms with Crippen LogP contribution in [0.2, 0.25) is 0 Å². The molecule has 4 rings (SSSR count). The number of para-hydroxylation sites is 1. The molecular formula is C21H20N4O. The van der Waals surface area contributed by atoms with Crippen LogP contribution in [0.15, 0.2) is 30.3 Å². The zero-order chi connectivity index (χ0) is 18.5. The molecule has 26 heavy (non-hydrogen) atoms. The maximum absolute atomic E-state index is 12.5. The Balaban J connectivity index is 1.91. The second kappa shape index (κ2) is 5.81. The lowest BCUT2D eigenvalue weighted by atomic mass is 9.56. The molecule has 1 fully saturated rings. The number of fused-ring (bicyclic) bond motifs is 3. The predicted octanol–water partition coefficient (Wildman–Crippen LogP) is 3.46. The van der Waals surface area contributed by atoms with Crippen molar-refractivity contribution in [3.63, 3.8) is 0 Å². The quantitative estimate of drug-likeness (QED) is 0.744. The summed E-state index contributed by atoms with van der Waals surface area (Å²) in [6.45, 7) is 11.5. The molecule has 1 heterocycles. The minimum Gasteiger partial charge on any atom is -0.305 e. The van der Waals surface area contributed by atoms with Crippen LogP contribution in [0.3, 0.4) is 0 Å². The summed E-state index contributed by atoms with van der Waals surface area (Å²) in [4.78, 5) is 20.8. The Kier molecular flexibility index (Phi) is 3.70. The van der Waals surface area contributed by atoms with Gasteiger partial charge in [-0.05, 0) is 30.9 Å². The van der Waals surface area contributed by atoms with Crippen molar-refractivity contribution in [1.82, 2.24) is 9.55 Å². The number of benzene rings is 1. The van der Waals surface area contributed by atoms with Gasteiger partial charge in [0.1, 0.15) is 6.07 Å². The van der Waals surface area contributed by atoms with Gasteiger partial charge < -0.3 is 4.85 Å². The van der Waals surface area contributed by atoms with E-state index in [0.717, 1.165) is 29.9 Å². The number of Topliss-reactive ketones (excluding diaryl/α,β-unsaturated/α-hetero) is 1. The van der Waals surface area contributed by atoms with Crippen molar-refractivity contribution in [2.75, 3.05) is 0 Å². The molecule has 0 radical (unpaired) electrons. The van der Waals surface area contributed by atoms with Crippen LogP contribution in [0, 0.1) is 29.7 Å². The highest BCUT2D eigenvalue weighted by atomic mass is 16.1. The Morgan fingerprint density at radius 2 is 2.12 bits per heavy atom. The third-order valence-electron chi connectivity index (χ3n) is 6.29. The van der Waals surface area contributed by atoms with Gasteiger partial charge in [-0.1, -0.05) is 32.0 Å². The van der Waals surface area contributed by atoms with Crippen LogP contribution >= 0.6 is 0 Å². The highest BCUT2D eigenvalue weighted by Crippen LogP contribution is 2.51. The molecule has 1 unspecified atom stereocenters. The molecular weight excluding hydrogens is 324 g/mol. The topological polar surface area (TPSA) is 63.0 Å². The minimum absolute atomic E-state index is 0.0638. The average molecular weight is 344 g/mol. The molecule has 130 valence electrons. The molecule has 4 atom stereocenters. The number of nitriles is 1. The number of imidazole rings is 1. The molecule has 0 saturated heterocycles. The standard InChI is InChI=1S/C21H20N4O/c1-13-15-9-10-17-20(21(15,2)11-16(23-3)19(13)26)24-18(12-22)25(17)14-7-5-4-6-8-14/h4-8,13,15-16H,9-11H2,1-2H3/t13-,15-,16?,21-/m0/s1. The Bertz CT molecular complexity index is 962. The lowest BCUT2D eigenvalue weighted by Gasteiger charge is -2.46. The van der Waals surface area contributed by atoms with E-state index in [9.17, 15) is 10.1 Å². The zero-order valence-corrected chi connectivity index (χ0v) is 14.9. The summed E-state index contributed by atoms with van der Waals surface area (Å²) in [5.41, 5.74) is 2.54. The number of hydrogen-bond acceptors (Lipinski definition) is 3. The summed E-state index contributed by atoms with van der Waals surface area (Å²) in [5, 5.41) is 9.67. The van der Waals surface area contributed by atoms with E-state index >= 15 is 0 Å². The molecule has 0 N–H and O–H groups in total. The monoisotopic (exact) mass is 344 g/mol. The molecule has 0 aliphatic heterocycles. The summed E-state index contributed by atoms with van der Waals surface area (Å²) in [7, 11) is 0. The van der Waals surface area contributed by atoms with Crippen molar-refractivity contribution in [1.29, 1.82) is 5.26 Å². The lowest BCUT2D eigenvalue weighted by molar-refractivity contribution is -0.129. The van der Waals surface area contributed by atoms with E-state index in [4.69, 9.17) is 11.6 Å². The van der Waals surface area contributed by atoms with Gasteiger partial charge in [-0.25, -0.2) is 11.6 Å². The predicted molar refractivity (Wildman–Crippen MR) is 96.6 cm³/mol. The van der Waals surface area contributed by atoms with E-state index in [1.54, 1.807) is 0 Å². The van der Waals surface area contributed by atoms with Crippen molar-refractivity contribution in [3.8, 4) is 11.8 Å². The third-order valence-corrected chi connectivity index (χ3v) is 6.29. The van der Waals surface area contributed by atoms with Gasteiger partial charge >= 0.3 is 0 Å². The highest BCUT2D eigenvalue weighted by Gasteiger charge is 2.56.